The predicted octanol–water partition coefficient (Wildman–Crippen LogP) is 4.83. The number of hydrogen-bond donors (Lipinski definition) is 1. The highest BCUT2D eigenvalue weighted by Crippen LogP contribution is 2.32. The van der Waals surface area contributed by atoms with Crippen LogP contribution >= 0.6 is 11.3 Å². The van der Waals surface area contributed by atoms with Gasteiger partial charge in [0.25, 0.3) is 0 Å². The first-order valence-corrected chi connectivity index (χ1v) is 11.1. The summed E-state index contributed by atoms with van der Waals surface area (Å²) in [6.07, 6.45) is 9.39. The molecule has 0 bridgehead atoms. The van der Waals surface area contributed by atoms with Crippen molar-refractivity contribution in [1.29, 1.82) is 0 Å². The molecule has 2 aromatic rings. The Morgan fingerprint density at radius 2 is 1.97 bits per heavy atom. The average molecular weight is 405 g/mol. The fourth-order valence-electron chi connectivity index (χ4n) is 4.33. The molecule has 1 aliphatic carbocycles. The van der Waals surface area contributed by atoms with Crippen LogP contribution in [0.25, 0.3) is 21.6 Å². The molecule has 0 atom stereocenters. The average Bonchev–Trinajstić information content (AvgIpc) is 3.39. The van der Waals surface area contributed by atoms with Crippen molar-refractivity contribution in [2.75, 3.05) is 0 Å². The molecule has 0 radical (unpaired) electrons. The number of amides is 1. The number of nitrogens with one attached hydrogen (secondary N) is 1. The molecule has 5 nitrogen and oxygen atoms in total. The Bertz CT molecular complexity index is 1060. The first-order valence-electron chi connectivity index (χ1n) is 10.3. The minimum atomic E-state index is 0.139. The summed E-state index contributed by atoms with van der Waals surface area (Å²) in [4.78, 5) is 21.6. The molecule has 6 heteroatoms. The van der Waals surface area contributed by atoms with Crippen LogP contribution in [0, 0.1) is 0 Å². The molecule has 3 aliphatic rings. The summed E-state index contributed by atoms with van der Waals surface area (Å²) in [6, 6.07) is 15.1. The number of fused-ring (bicyclic) bond motifs is 2. The molecule has 3 heterocycles. The number of para-hydroxylation sites is 1. The van der Waals surface area contributed by atoms with Gasteiger partial charge in [0.2, 0.25) is 5.91 Å². The molecule has 1 N–H and O–H groups in total. The van der Waals surface area contributed by atoms with Crippen LogP contribution in [-0.2, 0) is 11.2 Å². The highest BCUT2D eigenvalue weighted by Gasteiger charge is 2.25. The number of carbonyl (C=O) groups is 1. The smallest absolute Gasteiger partial charge is 0.220 e. The van der Waals surface area contributed by atoms with E-state index in [-0.39, 0.29) is 11.9 Å². The normalized spacial score (nSPS) is 19.6. The molecule has 1 aromatic heterocycles. The third kappa shape index (κ3) is 3.90. The van der Waals surface area contributed by atoms with E-state index in [0.717, 1.165) is 42.0 Å². The summed E-state index contributed by atoms with van der Waals surface area (Å²) in [5, 5.41) is 4.28. The van der Waals surface area contributed by atoms with E-state index in [2.05, 4.69) is 50.3 Å². The number of aryl methyl sites for hydroxylation is 1. The number of nitrogens with zero attached hydrogens (tertiary/aromatic N) is 3. The first kappa shape index (κ1) is 18.3. The Labute approximate surface area is 174 Å². The Balaban J connectivity index is 1.13. The van der Waals surface area contributed by atoms with Gasteiger partial charge in [-0.1, -0.05) is 12.1 Å². The van der Waals surface area contributed by atoms with Gasteiger partial charge in [0.15, 0.2) is 0 Å². The largest absolute Gasteiger partial charge is 0.353 e. The molecule has 1 saturated carbocycles. The maximum Gasteiger partial charge on any atom is 0.220 e. The second-order valence-corrected chi connectivity index (χ2v) is 8.90. The van der Waals surface area contributed by atoms with Crippen LogP contribution in [0.5, 0.6) is 0 Å². The van der Waals surface area contributed by atoms with Crippen molar-refractivity contribution < 1.29 is 4.79 Å². The van der Waals surface area contributed by atoms with Crippen LogP contribution in [0.1, 0.15) is 43.2 Å². The highest BCUT2D eigenvalue weighted by atomic mass is 32.1. The number of rotatable bonds is 5. The van der Waals surface area contributed by atoms with Crippen LogP contribution < -0.4 is 5.32 Å². The van der Waals surface area contributed by atoms with Gasteiger partial charge in [-0.3, -0.25) is 4.79 Å². The standard InChI is InChI=1S/C23H24N4OS/c28-21(11-12-22-26-19-5-1-2-6-20(19)29-22)25-17-7-9-18(10-8-17)27-15-3-4-16-13-14-24-23(16)27/h1-6,13-15,17-18H,7-12H2,(H,25,28). The number of aromatic nitrogens is 3. The molecule has 29 heavy (non-hydrogen) atoms. The zero-order valence-corrected chi connectivity index (χ0v) is 17.1. The van der Waals surface area contributed by atoms with Gasteiger partial charge in [-0.25, -0.2) is 9.97 Å². The van der Waals surface area contributed by atoms with Crippen molar-refractivity contribution >= 4 is 27.5 Å². The number of pyridine rings is 1. The van der Waals surface area contributed by atoms with E-state index in [4.69, 9.17) is 0 Å². The quantitative estimate of drug-likeness (QED) is 0.518. The summed E-state index contributed by atoms with van der Waals surface area (Å²) >= 11 is 1.69. The van der Waals surface area contributed by atoms with E-state index in [1.165, 1.54) is 10.3 Å². The van der Waals surface area contributed by atoms with Crippen molar-refractivity contribution in [3.8, 4) is 11.4 Å². The minimum absolute atomic E-state index is 0.139. The molecule has 148 valence electrons. The van der Waals surface area contributed by atoms with Crippen molar-refractivity contribution in [2.45, 2.75) is 50.6 Å². The fraction of sp³-hybridized carbons (Fsp3) is 0.348. The maximum atomic E-state index is 12.4. The first-order chi connectivity index (χ1) is 14.3. The van der Waals surface area contributed by atoms with Crippen LogP contribution in [0.3, 0.4) is 0 Å². The fourth-order valence-corrected chi connectivity index (χ4v) is 5.30. The van der Waals surface area contributed by atoms with E-state index in [9.17, 15) is 4.79 Å². The topological polar surface area (TPSA) is 59.8 Å². The van der Waals surface area contributed by atoms with E-state index in [1.54, 1.807) is 11.3 Å². The zero-order chi connectivity index (χ0) is 19.6. The number of thiazole rings is 1. The van der Waals surface area contributed by atoms with Crippen molar-refractivity contribution in [1.82, 2.24) is 19.9 Å². The van der Waals surface area contributed by atoms with Gasteiger partial charge in [-0.2, -0.15) is 0 Å². The van der Waals surface area contributed by atoms with Gasteiger partial charge in [0, 0.05) is 42.9 Å². The Morgan fingerprint density at radius 3 is 2.83 bits per heavy atom. The van der Waals surface area contributed by atoms with Gasteiger partial charge in [-0.05, 0) is 56.0 Å². The van der Waals surface area contributed by atoms with Crippen molar-refractivity contribution in [3.05, 3.63) is 59.9 Å². The lowest BCUT2D eigenvalue weighted by Crippen LogP contribution is -2.38. The lowest BCUT2D eigenvalue weighted by atomic mass is 9.90. The van der Waals surface area contributed by atoms with Gasteiger partial charge in [0.1, 0.15) is 5.82 Å². The zero-order valence-electron chi connectivity index (χ0n) is 16.3. The Morgan fingerprint density at radius 1 is 1.10 bits per heavy atom. The second kappa shape index (κ2) is 7.95. The lowest BCUT2D eigenvalue weighted by molar-refractivity contribution is -0.122. The number of hydrogen-bond acceptors (Lipinski definition) is 4. The van der Waals surface area contributed by atoms with Gasteiger partial charge in [0.05, 0.1) is 15.2 Å². The number of carbonyl (C=O) groups excluding carboxylic acids is 1. The van der Waals surface area contributed by atoms with E-state index in [0.29, 0.717) is 18.9 Å². The molecule has 5 rings (SSSR count). The van der Waals surface area contributed by atoms with Crippen LogP contribution in [0.15, 0.2) is 54.9 Å². The molecule has 1 aromatic carbocycles. The Kier molecular flexibility index (Phi) is 5.02. The maximum absolute atomic E-state index is 12.4. The molecule has 0 spiro atoms. The third-order valence-corrected chi connectivity index (χ3v) is 6.93. The van der Waals surface area contributed by atoms with Crippen LogP contribution in [0.4, 0.5) is 0 Å². The van der Waals surface area contributed by atoms with Gasteiger partial charge < -0.3 is 9.88 Å². The molecule has 0 saturated heterocycles. The molecule has 0 unspecified atom stereocenters. The van der Waals surface area contributed by atoms with Gasteiger partial charge >= 0.3 is 0 Å². The second-order valence-electron chi connectivity index (χ2n) is 7.79. The predicted molar refractivity (Wildman–Crippen MR) is 116 cm³/mol. The van der Waals surface area contributed by atoms with Crippen LogP contribution in [-0.4, -0.2) is 26.5 Å². The third-order valence-electron chi connectivity index (χ3n) is 5.84. The highest BCUT2D eigenvalue weighted by molar-refractivity contribution is 7.18. The van der Waals surface area contributed by atoms with Crippen molar-refractivity contribution in [2.24, 2.45) is 0 Å². The van der Waals surface area contributed by atoms with Crippen molar-refractivity contribution in [3.63, 3.8) is 0 Å². The molecule has 1 amide bonds. The lowest BCUT2D eigenvalue weighted by Gasteiger charge is -2.31. The van der Waals surface area contributed by atoms with E-state index in [1.807, 2.05) is 24.4 Å². The van der Waals surface area contributed by atoms with Crippen LogP contribution in [0.2, 0.25) is 0 Å². The van der Waals surface area contributed by atoms with E-state index < -0.39 is 0 Å². The monoisotopic (exact) mass is 404 g/mol. The minimum Gasteiger partial charge on any atom is -0.353 e. The summed E-state index contributed by atoms with van der Waals surface area (Å²) in [7, 11) is 0. The Hall–Kier alpha value is -2.73. The molecular weight excluding hydrogens is 380 g/mol. The van der Waals surface area contributed by atoms with E-state index >= 15 is 0 Å². The van der Waals surface area contributed by atoms with Gasteiger partial charge in [-0.15, -0.1) is 11.3 Å². The summed E-state index contributed by atoms with van der Waals surface area (Å²) < 4.78 is 3.49. The molecular formula is C23H24N4OS. The number of benzene rings is 1. The summed E-state index contributed by atoms with van der Waals surface area (Å²) in [6.45, 7) is 0. The SMILES string of the molecule is O=C(CCc1nc2ccccc2s1)NC1CCC(n2cccc3ccnc2-3)CC1. The molecule has 2 aliphatic heterocycles. The molecule has 1 fully saturated rings. The summed E-state index contributed by atoms with van der Waals surface area (Å²) in [5.74, 6) is 1.20. The summed E-state index contributed by atoms with van der Waals surface area (Å²) in [5.41, 5.74) is 2.22.